The summed E-state index contributed by atoms with van der Waals surface area (Å²) in [6.45, 7) is 0.475. The summed E-state index contributed by atoms with van der Waals surface area (Å²) in [6, 6.07) is 11.7. The van der Waals surface area contributed by atoms with Gasteiger partial charge in [0.15, 0.2) is 0 Å². The Morgan fingerprint density at radius 1 is 1.16 bits per heavy atom. The molecular weight excluding hydrogens is 414 g/mol. The Labute approximate surface area is 185 Å². The number of methoxy groups -OCH3 is 1. The number of benzene rings is 1. The molecule has 10 nitrogen and oxygen atoms in total. The predicted octanol–water partition coefficient (Wildman–Crippen LogP) is 0.239. The third-order valence-corrected chi connectivity index (χ3v) is 5.96. The largest absolute Gasteiger partial charge is 0.492 e. The number of para-hydroxylation sites is 1. The van der Waals surface area contributed by atoms with Crippen LogP contribution in [0.15, 0.2) is 47.3 Å². The van der Waals surface area contributed by atoms with E-state index in [1.807, 2.05) is 30.3 Å². The lowest BCUT2D eigenvalue weighted by molar-refractivity contribution is -0.144. The number of aromatic nitrogens is 2. The lowest BCUT2D eigenvalue weighted by Gasteiger charge is -2.32. The van der Waals surface area contributed by atoms with Crippen LogP contribution in [0, 0.1) is 5.92 Å². The van der Waals surface area contributed by atoms with Crippen molar-refractivity contribution in [1.82, 2.24) is 25.9 Å². The quantitative estimate of drug-likeness (QED) is 0.522. The first-order valence-electron chi connectivity index (χ1n) is 10.7. The van der Waals surface area contributed by atoms with Crippen molar-refractivity contribution < 1.29 is 19.1 Å². The van der Waals surface area contributed by atoms with Gasteiger partial charge in [0.05, 0.1) is 13.7 Å². The van der Waals surface area contributed by atoms with Crippen molar-refractivity contribution in [1.29, 1.82) is 0 Å². The summed E-state index contributed by atoms with van der Waals surface area (Å²) in [5.74, 6) is 0.0629. The monoisotopic (exact) mass is 441 g/mol. The van der Waals surface area contributed by atoms with E-state index < -0.39 is 6.04 Å². The van der Waals surface area contributed by atoms with Crippen LogP contribution in [0.4, 0.5) is 0 Å². The van der Waals surface area contributed by atoms with Gasteiger partial charge in [-0.3, -0.25) is 19.8 Å². The van der Waals surface area contributed by atoms with Gasteiger partial charge in [-0.2, -0.15) is 5.10 Å². The first-order valence-corrected chi connectivity index (χ1v) is 10.7. The van der Waals surface area contributed by atoms with Gasteiger partial charge in [-0.25, -0.2) is 10.1 Å². The van der Waals surface area contributed by atoms with Crippen molar-refractivity contribution in [3.05, 3.63) is 58.5 Å². The first-order chi connectivity index (χ1) is 15.5. The molecule has 1 saturated carbocycles. The highest BCUT2D eigenvalue weighted by atomic mass is 16.5. The average Bonchev–Trinajstić information content (AvgIpc) is 3.23. The molecule has 1 saturated heterocycles. The fourth-order valence-electron chi connectivity index (χ4n) is 4.30. The molecule has 0 bridgehead atoms. The van der Waals surface area contributed by atoms with E-state index in [4.69, 9.17) is 9.47 Å². The number of ether oxygens (including phenoxy) is 2. The molecule has 0 spiro atoms. The van der Waals surface area contributed by atoms with Crippen LogP contribution in [0.25, 0.3) is 0 Å². The highest BCUT2D eigenvalue weighted by molar-refractivity contribution is 5.92. The average molecular weight is 441 g/mol. The SMILES string of the molecule is COC(=O)C1NNC2CCC(NC(=O)c3ccc(=O)n(CCOc4ccccc4)n3)CC21. The molecule has 1 aliphatic carbocycles. The number of hydrogen-bond donors (Lipinski definition) is 3. The Morgan fingerprint density at radius 3 is 2.75 bits per heavy atom. The van der Waals surface area contributed by atoms with Gasteiger partial charge >= 0.3 is 5.97 Å². The standard InChI is InChI=1S/C22H27N5O5/c1-31-22(30)20-16-13-14(7-8-17(16)24-25-20)23-21(29)18-9-10-19(28)27(26-18)11-12-32-15-5-3-2-4-6-15/h2-6,9-10,14,16-17,20,24-25H,7-8,11-13H2,1H3,(H,23,29). The van der Waals surface area contributed by atoms with Crippen molar-refractivity contribution in [2.24, 2.45) is 5.92 Å². The van der Waals surface area contributed by atoms with Crippen molar-refractivity contribution in [2.45, 2.75) is 43.9 Å². The second kappa shape index (κ2) is 9.92. The van der Waals surface area contributed by atoms with E-state index in [1.54, 1.807) is 0 Å². The molecule has 10 heteroatoms. The highest BCUT2D eigenvalue weighted by Crippen LogP contribution is 2.31. The smallest absolute Gasteiger partial charge is 0.324 e. The van der Waals surface area contributed by atoms with E-state index in [2.05, 4.69) is 21.3 Å². The zero-order valence-electron chi connectivity index (χ0n) is 17.8. The molecule has 2 aliphatic rings. The number of fused-ring (bicyclic) bond motifs is 1. The number of carbonyl (C=O) groups is 2. The fourth-order valence-corrected chi connectivity index (χ4v) is 4.30. The summed E-state index contributed by atoms with van der Waals surface area (Å²) in [5.41, 5.74) is 6.01. The summed E-state index contributed by atoms with van der Waals surface area (Å²) in [5, 5.41) is 7.20. The van der Waals surface area contributed by atoms with Crippen molar-refractivity contribution >= 4 is 11.9 Å². The maximum absolute atomic E-state index is 12.8. The van der Waals surface area contributed by atoms with Crippen LogP contribution in [0.5, 0.6) is 5.75 Å². The zero-order valence-corrected chi connectivity index (χ0v) is 17.8. The third-order valence-electron chi connectivity index (χ3n) is 5.96. The van der Waals surface area contributed by atoms with Crippen molar-refractivity contribution in [3.8, 4) is 5.75 Å². The van der Waals surface area contributed by atoms with E-state index in [1.165, 1.54) is 23.9 Å². The molecule has 2 heterocycles. The number of rotatable bonds is 7. The Balaban J connectivity index is 1.35. The fraction of sp³-hybridized carbons (Fsp3) is 0.455. The van der Waals surface area contributed by atoms with E-state index >= 15 is 0 Å². The second-order valence-corrected chi connectivity index (χ2v) is 7.98. The molecule has 1 amide bonds. The summed E-state index contributed by atoms with van der Waals surface area (Å²) in [6.07, 6.45) is 2.24. The minimum absolute atomic E-state index is 0.0264. The van der Waals surface area contributed by atoms with Crippen LogP contribution >= 0.6 is 0 Å². The van der Waals surface area contributed by atoms with E-state index in [9.17, 15) is 14.4 Å². The number of hydrazine groups is 1. The molecule has 0 radical (unpaired) electrons. The molecule has 32 heavy (non-hydrogen) atoms. The van der Waals surface area contributed by atoms with Gasteiger partial charge < -0.3 is 14.8 Å². The van der Waals surface area contributed by atoms with Crippen LogP contribution in [0.2, 0.25) is 0 Å². The molecular formula is C22H27N5O5. The summed E-state index contributed by atoms with van der Waals surface area (Å²) < 4.78 is 11.7. The second-order valence-electron chi connectivity index (χ2n) is 7.98. The molecule has 4 atom stereocenters. The zero-order chi connectivity index (χ0) is 22.5. The number of amides is 1. The molecule has 1 aromatic carbocycles. The maximum atomic E-state index is 12.8. The number of nitrogens with zero attached hydrogens (tertiary/aromatic N) is 2. The lowest BCUT2D eigenvalue weighted by atomic mass is 9.79. The highest BCUT2D eigenvalue weighted by Gasteiger charge is 2.44. The minimum Gasteiger partial charge on any atom is -0.492 e. The van der Waals surface area contributed by atoms with Crippen LogP contribution in [0.1, 0.15) is 29.8 Å². The molecule has 170 valence electrons. The third kappa shape index (κ3) is 4.97. The summed E-state index contributed by atoms with van der Waals surface area (Å²) in [7, 11) is 1.37. The van der Waals surface area contributed by atoms with Gasteiger partial charge in [-0.15, -0.1) is 0 Å². The molecule has 4 unspecified atom stereocenters. The predicted molar refractivity (Wildman–Crippen MR) is 115 cm³/mol. The first kappa shape index (κ1) is 22.0. The maximum Gasteiger partial charge on any atom is 0.324 e. The van der Waals surface area contributed by atoms with Crippen molar-refractivity contribution in [2.75, 3.05) is 13.7 Å². The van der Waals surface area contributed by atoms with E-state index in [0.29, 0.717) is 12.2 Å². The molecule has 4 rings (SSSR count). The number of nitrogens with one attached hydrogen (secondary N) is 3. The van der Waals surface area contributed by atoms with Gasteiger partial charge in [0, 0.05) is 24.1 Å². The number of esters is 1. The van der Waals surface area contributed by atoms with Crippen LogP contribution in [-0.2, 0) is 16.1 Å². The summed E-state index contributed by atoms with van der Waals surface area (Å²) >= 11 is 0. The van der Waals surface area contributed by atoms with E-state index in [0.717, 1.165) is 12.8 Å². The Hall–Kier alpha value is -3.24. The molecule has 1 aromatic heterocycles. The van der Waals surface area contributed by atoms with Gasteiger partial charge in [-0.05, 0) is 37.5 Å². The normalized spacial score (nSPS) is 24.4. The minimum atomic E-state index is -0.436. The van der Waals surface area contributed by atoms with Gasteiger partial charge in [-0.1, -0.05) is 18.2 Å². The van der Waals surface area contributed by atoms with Crippen LogP contribution in [-0.4, -0.2) is 53.5 Å². The van der Waals surface area contributed by atoms with Gasteiger partial charge in [0.1, 0.15) is 24.1 Å². The van der Waals surface area contributed by atoms with Crippen LogP contribution in [0.3, 0.4) is 0 Å². The van der Waals surface area contributed by atoms with Gasteiger partial charge in [0.2, 0.25) is 0 Å². The molecule has 3 N–H and O–H groups in total. The topological polar surface area (TPSA) is 124 Å². The van der Waals surface area contributed by atoms with Crippen LogP contribution < -0.4 is 26.5 Å². The number of hydrogen-bond acceptors (Lipinski definition) is 8. The Bertz CT molecular complexity index is 1010. The van der Waals surface area contributed by atoms with Gasteiger partial charge in [0.25, 0.3) is 11.5 Å². The molecule has 2 fully saturated rings. The Morgan fingerprint density at radius 2 is 1.97 bits per heavy atom. The lowest BCUT2D eigenvalue weighted by Crippen LogP contribution is -2.46. The Kier molecular flexibility index (Phi) is 6.81. The summed E-state index contributed by atoms with van der Waals surface area (Å²) in [4.78, 5) is 36.9. The van der Waals surface area contributed by atoms with E-state index in [-0.39, 0.29) is 54.3 Å². The molecule has 1 aliphatic heterocycles. The molecule has 2 aromatic rings. The number of carbonyl (C=O) groups excluding carboxylic acids is 2. The van der Waals surface area contributed by atoms with Crippen molar-refractivity contribution in [3.63, 3.8) is 0 Å².